The number of carbonyl (C=O) groups excluding carboxylic acids is 2. The Morgan fingerprint density at radius 3 is 2.15 bits per heavy atom. The van der Waals surface area contributed by atoms with E-state index in [0.29, 0.717) is 21.5 Å². The lowest BCUT2D eigenvalue weighted by Gasteiger charge is -2.25. The van der Waals surface area contributed by atoms with Gasteiger partial charge in [-0.1, -0.05) is 47.3 Å². The van der Waals surface area contributed by atoms with Crippen LogP contribution in [-0.4, -0.2) is 43.6 Å². The number of pyridine rings is 1. The minimum absolute atomic E-state index is 0.124. The van der Waals surface area contributed by atoms with Crippen LogP contribution in [0.1, 0.15) is 58.8 Å². The van der Waals surface area contributed by atoms with E-state index in [4.69, 9.17) is 0 Å². The summed E-state index contributed by atoms with van der Waals surface area (Å²) in [5.41, 5.74) is 1.04. The van der Waals surface area contributed by atoms with Crippen LogP contribution in [0.3, 0.4) is 0 Å². The number of carbonyl (C=O) groups is 2. The fourth-order valence-corrected chi connectivity index (χ4v) is 6.38. The Labute approximate surface area is 240 Å². The summed E-state index contributed by atoms with van der Waals surface area (Å²) in [5, 5.41) is 24.7. The minimum Gasteiger partial charge on any atom is -0.406 e. The van der Waals surface area contributed by atoms with Crippen LogP contribution < -0.4 is 15.4 Å². The normalized spacial score (nSPS) is 17.1. The average Bonchev–Trinajstić information content (AvgIpc) is 3.58. The first kappa shape index (κ1) is 28.5. The summed E-state index contributed by atoms with van der Waals surface area (Å²) in [6, 6.07) is 10.7. The van der Waals surface area contributed by atoms with Crippen molar-refractivity contribution in [1.29, 1.82) is 0 Å². The maximum Gasteiger partial charge on any atom is 0.573 e. The first-order valence-electron chi connectivity index (χ1n) is 12.7. The van der Waals surface area contributed by atoms with E-state index in [1.807, 2.05) is 6.07 Å². The largest absolute Gasteiger partial charge is 0.573 e. The van der Waals surface area contributed by atoms with Gasteiger partial charge in [0.05, 0.1) is 12.8 Å². The van der Waals surface area contributed by atoms with Crippen molar-refractivity contribution in [2.75, 3.05) is 10.6 Å². The molecule has 3 aromatic heterocycles. The van der Waals surface area contributed by atoms with Gasteiger partial charge in [0.1, 0.15) is 15.8 Å². The summed E-state index contributed by atoms with van der Waals surface area (Å²) in [7, 11) is 0. The summed E-state index contributed by atoms with van der Waals surface area (Å²) in [6.07, 6.45) is 0.420. The molecule has 1 aliphatic carbocycles. The molecule has 2 atom stereocenters. The first-order chi connectivity index (χ1) is 19.7. The second-order valence-electron chi connectivity index (χ2n) is 9.42. The zero-order valence-corrected chi connectivity index (χ0v) is 23.1. The number of anilines is 2. The van der Waals surface area contributed by atoms with Gasteiger partial charge in [-0.15, -0.1) is 33.6 Å². The zero-order chi connectivity index (χ0) is 28.8. The molecule has 4 aromatic rings. The molecule has 10 nitrogen and oxygen atoms in total. The third-order valence-electron chi connectivity index (χ3n) is 6.31. The van der Waals surface area contributed by atoms with Crippen LogP contribution in [0.25, 0.3) is 0 Å². The number of aromatic nitrogens is 5. The summed E-state index contributed by atoms with van der Waals surface area (Å²) in [6.45, 7) is 0. The number of ether oxygens (including phenoxy) is 1. The van der Waals surface area contributed by atoms with Crippen LogP contribution in [0.5, 0.6) is 5.75 Å². The molecule has 0 bridgehead atoms. The SMILES string of the molecule is O=C(Cc1cccc(OC(F)(F)F)c1)Nc1nnc([C@H]2CCC[C@H](c3nnc(NC(=O)Cc4ccccn4)s3)C2)s1. The number of rotatable bonds is 9. The summed E-state index contributed by atoms with van der Waals surface area (Å²) < 4.78 is 41.3. The monoisotopic (exact) mass is 603 g/mol. The smallest absolute Gasteiger partial charge is 0.406 e. The van der Waals surface area contributed by atoms with Gasteiger partial charge in [-0.3, -0.25) is 14.6 Å². The fourth-order valence-electron chi connectivity index (χ4n) is 4.57. The molecule has 5 rings (SSSR count). The number of amides is 2. The topological polar surface area (TPSA) is 132 Å². The third-order valence-corrected chi connectivity index (χ3v) is 8.31. The standard InChI is InChI=1S/C26H24F3N7O3S2/c27-26(28,29)39-19-9-3-5-15(11-19)12-20(37)31-24-35-33-22(40-24)16-6-4-7-17(13-16)23-34-36-25(41-23)32-21(38)14-18-8-1-2-10-30-18/h1-3,5,8-11,16-17H,4,6-7,12-14H2,(H,31,35,37)(H,32,36,38)/t16-,17-/m0/s1. The molecular formula is C26H24F3N7O3S2. The van der Waals surface area contributed by atoms with Crippen molar-refractivity contribution in [2.45, 2.75) is 56.7 Å². The Bertz CT molecular complexity index is 1500. The van der Waals surface area contributed by atoms with Crippen molar-refractivity contribution in [1.82, 2.24) is 25.4 Å². The van der Waals surface area contributed by atoms with Crippen molar-refractivity contribution in [3.63, 3.8) is 0 Å². The van der Waals surface area contributed by atoms with Crippen molar-refractivity contribution >= 4 is 44.8 Å². The lowest BCUT2D eigenvalue weighted by Crippen LogP contribution is -2.17. The number of nitrogens with zero attached hydrogens (tertiary/aromatic N) is 5. The van der Waals surface area contributed by atoms with Crippen molar-refractivity contribution in [2.24, 2.45) is 0 Å². The number of alkyl halides is 3. The average molecular weight is 604 g/mol. The molecule has 0 saturated heterocycles. The molecule has 2 amide bonds. The highest BCUT2D eigenvalue weighted by Crippen LogP contribution is 2.43. The van der Waals surface area contributed by atoms with Gasteiger partial charge >= 0.3 is 6.36 Å². The van der Waals surface area contributed by atoms with E-state index >= 15 is 0 Å². The van der Waals surface area contributed by atoms with Gasteiger partial charge in [0.2, 0.25) is 22.1 Å². The number of nitrogens with one attached hydrogen (secondary N) is 2. The van der Waals surface area contributed by atoms with Gasteiger partial charge < -0.3 is 15.4 Å². The zero-order valence-electron chi connectivity index (χ0n) is 21.4. The maximum atomic E-state index is 12.5. The highest BCUT2D eigenvalue weighted by molar-refractivity contribution is 7.15. The van der Waals surface area contributed by atoms with Crippen LogP contribution in [0.15, 0.2) is 48.7 Å². The van der Waals surface area contributed by atoms with Crippen LogP contribution in [0.4, 0.5) is 23.4 Å². The van der Waals surface area contributed by atoms with Crippen LogP contribution in [0, 0.1) is 0 Å². The van der Waals surface area contributed by atoms with Gasteiger partial charge in [0, 0.05) is 23.7 Å². The molecule has 214 valence electrons. The molecular weight excluding hydrogens is 579 g/mol. The van der Waals surface area contributed by atoms with E-state index in [0.717, 1.165) is 35.7 Å². The summed E-state index contributed by atoms with van der Waals surface area (Å²) in [5.74, 6) is -0.745. The molecule has 1 saturated carbocycles. The van der Waals surface area contributed by atoms with Crippen LogP contribution >= 0.6 is 22.7 Å². The highest BCUT2D eigenvalue weighted by atomic mass is 32.1. The number of halogens is 3. The second kappa shape index (κ2) is 12.7. The van der Waals surface area contributed by atoms with E-state index in [-0.39, 0.29) is 36.3 Å². The van der Waals surface area contributed by atoms with Crippen molar-refractivity contribution in [3.8, 4) is 5.75 Å². The molecule has 1 aliphatic rings. The van der Waals surface area contributed by atoms with Gasteiger partial charge in [-0.25, -0.2) is 0 Å². The first-order valence-corrected chi connectivity index (χ1v) is 14.3. The molecule has 41 heavy (non-hydrogen) atoms. The predicted molar refractivity (Wildman–Crippen MR) is 146 cm³/mol. The lowest BCUT2D eigenvalue weighted by atomic mass is 9.82. The number of hydrogen-bond acceptors (Lipinski definition) is 10. The van der Waals surface area contributed by atoms with E-state index in [1.54, 1.807) is 24.4 Å². The molecule has 3 heterocycles. The van der Waals surface area contributed by atoms with Crippen molar-refractivity contribution in [3.05, 3.63) is 69.9 Å². The molecule has 0 radical (unpaired) electrons. The molecule has 1 aromatic carbocycles. The quantitative estimate of drug-likeness (QED) is 0.257. The molecule has 15 heteroatoms. The van der Waals surface area contributed by atoms with E-state index in [2.05, 4.69) is 40.7 Å². The molecule has 0 unspecified atom stereocenters. The third kappa shape index (κ3) is 8.27. The molecule has 2 N–H and O–H groups in total. The van der Waals surface area contributed by atoms with Gasteiger partial charge in [-0.2, -0.15) is 0 Å². The highest BCUT2D eigenvalue weighted by Gasteiger charge is 2.31. The van der Waals surface area contributed by atoms with Gasteiger partial charge in [-0.05, 0) is 49.1 Å². The van der Waals surface area contributed by atoms with E-state index in [1.165, 1.54) is 40.9 Å². The Balaban J connectivity index is 1.14. The molecule has 0 spiro atoms. The van der Waals surface area contributed by atoms with Crippen LogP contribution in [0.2, 0.25) is 0 Å². The Hall–Kier alpha value is -3.98. The second-order valence-corrected chi connectivity index (χ2v) is 11.4. The number of benzene rings is 1. The molecule has 1 fully saturated rings. The predicted octanol–water partition coefficient (Wildman–Crippen LogP) is 5.49. The Morgan fingerprint density at radius 1 is 0.878 bits per heavy atom. The van der Waals surface area contributed by atoms with Crippen molar-refractivity contribution < 1.29 is 27.5 Å². The summed E-state index contributed by atoms with van der Waals surface area (Å²) in [4.78, 5) is 29.0. The molecule has 0 aliphatic heterocycles. The Kier molecular flexibility index (Phi) is 8.83. The van der Waals surface area contributed by atoms with Crippen LogP contribution in [-0.2, 0) is 22.4 Å². The lowest BCUT2D eigenvalue weighted by molar-refractivity contribution is -0.274. The van der Waals surface area contributed by atoms with Gasteiger partial charge in [0.15, 0.2) is 0 Å². The fraction of sp³-hybridized carbons (Fsp3) is 0.346. The van der Waals surface area contributed by atoms with E-state index in [9.17, 15) is 22.8 Å². The van der Waals surface area contributed by atoms with E-state index < -0.39 is 12.3 Å². The maximum absolute atomic E-state index is 12.5. The Morgan fingerprint density at radius 2 is 1.54 bits per heavy atom. The number of hydrogen-bond donors (Lipinski definition) is 2. The van der Waals surface area contributed by atoms with Gasteiger partial charge in [0.25, 0.3) is 0 Å². The summed E-state index contributed by atoms with van der Waals surface area (Å²) >= 11 is 2.64. The minimum atomic E-state index is -4.81.